The lowest BCUT2D eigenvalue weighted by atomic mass is 9.81. The number of aromatic nitrogens is 2. The van der Waals surface area contributed by atoms with Gasteiger partial charge in [-0.3, -0.25) is 9.59 Å². The van der Waals surface area contributed by atoms with Gasteiger partial charge in [0.05, 0.1) is 0 Å². The molecule has 32 heavy (non-hydrogen) atoms. The van der Waals surface area contributed by atoms with Gasteiger partial charge in [-0.05, 0) is 18.1 Å². The third-order valence-electron chi connectivity index (χ3n) is 6.81. The number of likely N-dealkylation sites (tertiary alicyclic amines) is 1. The van der Waals surface area contributed by atoms with E-state index < -0.39 is 0 Å². The Morgan fingerprint density at radius 1 is 1.09 bits per heavy atom. The molecule has 0 aliphatic carbocycles. The van der Waals surface area contributed by atoms with Crippen molar-refractivity contribution in [3.63, 3.8) is 0 Å². The van der Waals surface area contributed by atoms with Crippen LogP contribution in [-0.4, -0.2) is 40.9 Å². The molecule has 0 spiro atoms. The van der Waals surface area contributed by atoms with E-state index in [2.05, 4.69) is 43.1 Å². The number of rotatable bonds is 5. The maximum atomic E-state index is 13.3. The number of imidazole rings is 1. The second kappa shape index (κ2) is 8.54. The van der Waals surface area contributed by atoms with E-state index in [4.69, 9.17) is 0 Å². The number of carbonyl (C=O) groups is 2. The first-order valence-corrected chi connectivity index (χ1v) is 10.7. The summed E-state index contributed by atoms with van der Waals surface area (Å²) in [5.74, 6) is 0.154. The van der Waals surface area contributed by atoms with E-state index in [0.29, 0.717) is 5.56 Å². The minimum absolute atomic E-state index is 0. The van der Waals surface area contributed by atoms with Crippen LogP contribution in [0.5, 0.6) is 0 Å². The van der Waals surface area contributed by atoms with E-state index in [1.54, 1.807) is 0 Å². The normalized spacial score (nSPS) is 21.1. The number of benzene rings is 2. The Morgan fingerprint density at radius 3 is 2.59 bits per heavy atom. The number of carbonyl (C=O) groups excluding carboxylic acids is 2. The van der Waals surface area contributed by atoms with Crippen molar-refractivity contribution in [2.45, 2.75) is 38.0 Å². The highest BCUT2D eigenvalue weighted by atomic mass is 79.9. The minimum Gasteiger partial charge on any atom is -1.00 e. The number of amides is 1. The van der Waals surface area contributed by atoms with Crippen molar-refractivity contribution in [2.75, 3.05) is 18.5 Å². The van der Waals surface area contributed by atoms with Gasteiger partial charge < -0.3 is 26.8 Å². The molecule has 1 fully saturated rings. The molecule has 2 aromatic carbocycles. The summed E-state index contributed by atoms with van der Waals surface area (Å²) in [5.41, 5.74) is 3.19. The highest BCUT2D eigenvalue weighted by molar-refractivity contribution is 5.94. The molecule has 2 aliphatic rings. The Morgan fingerprint density at radius 2 is 1.81 bits per heavy atom. The molecule has 3 heterocycles. The van der Waals surface area contributed by atoms with Gasteiger partial charge >= 0.3 is 0 Å². The number of likely N-dealkylation sites (N-methyl/N-ethyl adjacent to an activating group) is 1. The van der Waals surface area contributed by atoms with Crippen LogP contribution in [0.4, 0.5) is 5.69 Å². The molecule has 3 aromatic rings. The topological polar surface area (TPSA) is 49.4 Å². The van der Waals surface area contributed by atoms with Crippen LogP contribution in [0.1, 0.15) is 29.3 Å². The Labute approximate surface area is 198 Å². The van der Waals surface area contributed by atoms with Gasteiger partial charge in [0, 0.05) is 30.3 Å². The molecule has 0 saturated carbocycles. The molecule has 6 nitrogen and oxygen atoms in total. The number of ketones is 1. The predicted octanol–water partition coefficient (Wildman–Crippen LogP) is -0.371. The van der Waals surface area contributed by atoms with Gasteiger partial charge in [-0.1, -0.05) is 55.5 Å². The van der Waals surface area contributed by atoms with Crippen LogP contribution in [0, 0.1) is 0 Å². The zero-order chi connectivity index (χ0) is 21.6. The number of halogens is 1. The van der Waals surface area contributed by atoms with E-state index in [0.717, 1.165) is 13.0 Å². The fourth-order valence-corrected chi connectivity index (χ4v) is 5.27. The van der Waals surface area contributed by atoms with E-state index in [-0.39, 0.29) is 53.3 Å². The van der Waals surface area contributed by atoms with E-state index in [1.807, 2.05) is 63.1 Å². The van der Waals surface area contributed by atoms with Crippen LogP contribution < -0.4 is 26.4 Å². The predicted molar refractivity (Wildman–Crippen MR) is 118 cm³/mol. The first-order valence-electron chi connectivity index (χ1n) is 10.7. The van der Waals surface area contributed by atoms with Gasteiger partial charge in [0.1, 0.15) is 18.6 Å². The standard InChI is InChI=1S/C25H27N4O2.BrH/c1-25-12-13-29(24(25)26(2)21-11-7-6-10-20(21)25)23(31)17-28-15-14-27(18-28)16-22(30)19-8-4-3-5-9-19;/h3-11,14-15,18,24H,12-13,16-17H2,1-2H3;1H/q+1;/p-1. The van der Waals surface area contributed by atoms with Gasteiger partial charge in [-0.2, -0.15) is 0 Å². The molecule has 0 N–H and O–H groups in total. The molecule has 2 unspecified atom stereocenters. The lowest BCUT2D eigenvalue weighted by Crippen LogP contribution is -3.00. The number of anilines is 1. The fourth-order valence-electron chi connectivity index (χ4n) is 5.27. The summed E-state index contributed by atoms with van der Waals surface area (Å²) in [6, 6.07) is 17.7. The van der Waals surface area contributed by atoms with Crippen molar-refractivity contribution in [1.29, 1.82) is 0 Å². The monoisotopic (exact) mass is 494 g/mol. The Balaban J connectivity index is 0.00000245. The third kappa shape index (κ3) is 3.64. The number of Topliss-reactive ketones (excluding diaryl/α,β-unsaturated/α-hetero) is 1. The molecule has 166 valence electrons. The number of para-hydroxylation sites is 1. The number of hydrogen-bond donors (Lipinski definition) is 0. The van der Waals surface area contributed by atoms with Crippen molar-refractivity contribution < 1.29 is 31.1 Å². The van der Waals surface area contributed by atoms with Crippen molar-refractivity contribution in [3.8, 4) is 0 Å². The quantitative estimate of drug-likeness (QED) is 0.359. The molecular weight excluding hydrogens is 468 g/mol. The summed E-state index contributed by atoms with van der Waals surface area (Å²) < 4.78 is 3.69. The van der Waals surface area contributed by atoms with Crippen LogP contribution in [0.3, 0.4) is 0 Å². The molecule has 0 bridgehead atoms. The SMILES string of the molecule is CN1c2ccccc2C2(C)CCN(C(=O)Cn3cc[n+](CC(=O)c4ccccc4)c3)C12.[Br-]. The van der Waals surface area contributed by atoms with Crippen molar-refractivity contribution in [2.24, 2.45) is 0 Å². The summed E-state index contributed by atoms with van der Waals surface area (Å²) >= 11 is 0. The maximum absolute atomic E-state index is 13.3. The zero-order valence-electron chi connectivity index (χ0n) is 18.3. The highest BCUT2D eigenvalue weighted by Gasteiger charge is 2.54. The fraction of sp³-hybridized carbons (Fsp3) is 0.320. The first-order chi connectivity index (χ1) is 15.0. The molecule has 1 saturated heterocycles. The molecule has 7 heteroatoms. The zero-order valence-corrected chi connectivity index (χ0v) is 19.9. The second-order valence-corrected chi connectivity index (χ2v) is 8.80. The minimum atomic E-state index is -0.0420. The Hall–Kier alpha value is -2.93. The average molecular weight is 495 g/mol. The molecule has 5 rings (SSSR count). The number of nitrogens with zero attached hydrogens (tertiary/aromatic N) is 4. The summed E-state index contributed by atoms with van der Waals surface area (Å²) in [4.78, 5) is 30.0. The van der Waals surface area contributed by atoms with Crippen molar-refractivity contribution in [1.82, 2.24) is 9.47 Å². The molecule has 1 amide bonds. The molecular formula is C25H27BrN4O2. The largest absolute Gasteiger partial charge is 1.00 e. The average Bonchev–Trinajstić information content (AvgIpc) is 3.43. The van der Waals surface area contributed by atoms with Crippen LogP contribution in [0.25, 0.3) is 0 Å². The van der Waals surface area contributed by atoms with E-state index in [1.165, 1.54) is 11.3 Å². The van der Waals surface area contributed by atoms with Gasteiger partial charge in [-0.25, -0.2) is 9.13 Å². The van der Waals surface area contributed by atoms with Crippen molar-refractivity contribution >= 4 is 17.4 Å². The summed E-state index contributed by atoms with van der Waals surface area (Å²) in [6.07, 6.45) is 6.54. The van der Waals surface area contributed by atoms with Gasteiger partial charge in [0.2, 0.25) is 12.1 Å². The molecule has 2 aliphatic heterocycles. The maximum Gasteiger partial charge on any atom is 0.266 e. The van der Waals surface area contributed by atoms with Crippen LogP contribution in [0.2, 0.25) is 0 Å². The first kappa shape index (κ1) is 22.3. The van der Waals surface area contributed by atoms with E-state index in [9.17, 15) is 9.59 Å². The summed E-state index contributed by atoms with van der Waals surface area (Å²) in [6.45, 7) is 3.55. The lowest BCUT2D eigenvalue weighted by Gasteiger charge is -2.34. The summed E-state index contributed by atoms with van der Waals surface area (Å²) in [5, 5.41) is 0. The molecule has 1 aromatic heterocycles. The van der Waals surface area contributed by atoms with E-state index >= 15 is 0 Å². The number of fused-ring (bicyclic) bond motifs is 3. The van der Waals surface area contributed by atoms with Crippen LogP contribution in [-0.2, 0) is 23.3 Å². The number of hydrogen-bond acceptors (Lipinski definition) is 3. The van der Waals surface area contributed by atoms with Crippen LogP contribution >= 0.6 is 0 Å². The summed E-state index contributed by atoms with van der Waals surface area (Å²) in [7, 11) is 2.08. The lowest BCUT2D eigenvalue weighted by molar-refractivity contribution is -0.682. The van der Waals surface area contributed by atoms with Gasteiger partial charge in [-0.15, -0.1) is 0 Å². The second-order valence-electron chi connectivity index (χ2n) is 8.80. The molecule has 2 atom stereocenters. The van der Waals surface area contributed by atoms with Gasteiger partial charge in [0.15, 0.2) is 13.1 Å². The third-order valence-corrected chi connectivity index (χ3v) is 6.81. The molecule has 0 radical (unpaired) electrons. The van der Waals surface area contributed by atoms with Gasteiger partial charge in [0.25, 0.3) is 5.91 Å². The van der Waals surface area contributed by atoms with Crippen molar-refractivity contribution in [3.05, 3.63) is 84.4 Å². The Kier molecular flexibility index (Phi) is 5.95. The smallest absolute Gasteiger partial charge is 0.266 e. The Bertz CT molecular complexity index is 1150. The van der Waals surface area contributed by atoms with Crippen LogP contribution in [0.15, 0.2) is 73.3 Å². The highest BCUT2D eigenvalue weighted by Crippen LogP contribution is 2.51.